The maximum absolute atomic E-state index is 5.40. The van der Waals surface area contributed by atoms with Crippen molar-refractivity contribution in [2.75, 3.05) is 25.1 Å². The van der Waals surface area contributed by atoms with Gasteiger partial charge >= 0.3 is 0 Å². The van der Waals surface area contributed by atoms with E-state index in [0.717, 1.165) is 41.6 Å². The standard InChI is InChI=1S/C14H17N3OS/c1-18-11-5-8-17(9-6-11)14-16-10-13(19-14)12-4-2-3-7-15-12/h2-4,7,10-11H,5-6,8-9H2,1H3. The second-order valence-corrected chi connectivity index (χ2v) is 5.65. The molecule has 0 saturated carbocycles. The molecule has 0 N–H and O–H groups in total. The fourth-order valence-electron chi connectivity index (χ4n) is 2.32. The largest absolute Gasteiger partial charge is 0.381 e. The minimum absolute atomic E-state index is 0.409. The zero-order valence-corrected chi connectivity index (χ0v) is 11.8. The molecule has 1 aliphatic heterocycles. The van der Waals surface area contributed by atoms with E-state index in [0.29, 0.717) is 6.10 Å². The Morgan fingerprint density at radius 3 is 2.79 bits per heavy atom. The Morgan fingerprint density at radius 2 is 2.11 bits per heavy atom. The number of hydrogen-bond acceptors (Lipinski definition) is 5. The molecule has 0 atom stereocenters. The first-order valence-corrected chi connectivity index (χ1v) is 7.33. The van der Waals surface area contributed by atoms with Crippen LogP contribution in [0.4, 0.5) is 5.13 Å². The first-order chi connectivity index (χ1) is 9.36. The average molecular weight is 275 g/mol. The maximum Gasteiger partial charge on any atom is 0.185 e. The molecule has 19 heavy (non-hydrogen) atoms. The van der Waals surface area contributed by atoms with Crippen molar-refractivity contribution in [2.45, 2.75) is 18.9 Å². The van der Waals surface area contributed by atoms with Crippen molar-refractivity contribution in [1.29, 1.82) is 0 Å². The monoisotopic (exact) mass is 275 g/mol. The number of piperidine rings is 1. The second-order valence-electron chi connectivity index (χ2n) is 4.64. The lowest BCUT2D eigenvalue weighted by Crippen LogP contribution is -2.36. The van der Waals surface area contributed by atoms with Crippen molar-refractivity contribution in [3.63, 3.8) is 0 Å². The summed E-state index contributed by atoms with van der Waals surface area (Å²) >= 11 is 1.71. The quantitative estimate of drug-likeness (QED) is 0.863. The Hall–Kier alpha value is -1.46. The number of ether oxygens (including phenoxy) is 1. The highest BCUT2D eigenvalue weighted by Crippen LogP contribution is 2.31. The minimum Gasteiger partial charge on any atom is -0.381 e. The van der Waals surface area contributed by atoms with Crippen molar-refractivity contribution in [1.82, 2.24) is 9.97 Å². The van der Waals surface area contributed by atoms with Crippen LogP contribution < -0.4 is 4.90 Å². The van der Waals surface area contributed by atoms with Crippen molar-refractivity contribution in [2.24, 2.45) is 0 Å². The van der Waals surface area contributed by atoms with Gasteiger partial charge in [0.05, 0.1) is 16.7 Å². The van der Waals surface area contributed by atoms with E-state index in [1.807, 2.05) is 30.6 Å². The van der Waals surface area contributed by atoms with Crippen LogP contribution in [0.25, 0.3) is 10.6 Å². The van der Waals surface area contributed by atoms with E-state index in [2.05, 4.69) is 14.9 Å². The van der Waals surface area contributed by atoms with E-state index in [4.69, 9.17) is 4.74 Å². The predicted molar refractivity (Wildman–Crippen MR) is 77.6 cm³/mol. The van der Waals surface area contributed by atoms with E-state index in [-0.39, 0.29) is 0 Å². The summed E-state index contributed by atoms with van der Waals surface area (Å²) in [6.45, 7) is 2.04. The third kappa shape index (κ3) is 2.77. The van der Waals surface area contributed by atoms with Gasteiger partial charge in [0, 0.05) is 32.6 Å². The van der Waals surface area contributed by atoms with Crippen molar-refractivity contribution in [3.05, 3.63) is 30.6 Å². The van der Waals surface area contributed by atoms with E-state index >= 15 is 0 Å². The molecule has 5 heteroatoms. The smallest absolute Gasteiger partial charge is 0.185 e. The first-order valence-electron chi connectivity index (χ1n) is 6.52. The van der Waals surface area contributed by atoms with Crippen LogP contribution in [0.1, 0.15) is 12.8 Å². The Kier molecular flexibility index (Phi) is 3.75. The summed E-state index contributed by atoms with van der Waals surface area (Å²) in [5.74, 6) is 0. The zero-order valence-electron chi connectivity index (χ0n) is 11.0. The SMILES string of the molecule is COC1CCN(c2ncc(-c3ccccn3)s2)CC1. The van der Waals surface area contributed by atoms with Crippen LogP contribution in [-0.2, 0) is 4.74 Å². The number of aromatic nitrogens is 2. The molecule has 0 aliphatic carbocycles. The van der Waals surface area contributed by atoms with E-state index < -0.39 is 0 Å². The molecular weight excluding hydrogens is 258 g/mol. The summed E-state index contributed by atoms with van der Waals surface area (Å²) in [6.07, 6.45) is 6.31. The Balaban J connectivity index is 1.72. The Morgan fingerprint density at radius 1 is 1.26 bits per heavy atom. The highest BCUT2D eigenvalue weighted by molar-refractivity contribution is 7.18. The molecule has 0 radical (unpaired) electrons. The lowest BCUT2D eigenvalue weighted by atomic mass is 10.1. The molecule has 0 spiro atoms. The topological polar surface area (TPSA) is 38.2 Å². The fraction of sp³-hybridized carbons (Fsp3) is 0.429. The number of hydrogen-bond donors (Lipinski definition) is 0. The first kappa shape index (κ1) is 12.6. The van der Waals surface area contributed by atoms with Crippen LogP contribution in [0.3, 0.4) is 0 Å². The average Bonchev–Trinajstić information content (AvgIpc) is 2.98. The number of nitrogens with zero attached hydrogens (tertiary/aromatic N) is 3. The van der Waals surface area contributed by atoms with Crippen LogP contribution in [-0.4, -0.2) is 36.3 Å². The van der Waals surface area contributed by atoms with Crippen molar-refractivity contribution in [3.8, 4) is 10.6 Å². The van der Waals surface area contributed by atoms with Gasteiger partial charge in [-0.15, -0.1) is 0 Å². The number of anilines is 1. The molecule has 100 valence electrons. The highest BCUT2D eigenvalue weighted by atomic mass is 32.1. The molecule has 1 aliphatic rings. The van der Waals surface area contributed by atoms with Gasteiger partial charge < -0.3 is 9.64 Å². The van der Waals surface area contributed by atoms with Crippen LogP contribution >= 0.6 is 11.3 Å². The second kappa shape index (κ2) is 5.67. The summed E-state index contributed by atoms with van der Waals surface area (Å²) in [5.41, 5.74) is 0.998. The predicted octanol–water partition coefficient (Wildman–Crippen LogP) is 2.82. The van der Waals surface area contributed by atoms with Crippen molar-refractivity contribution >= 4 is 16.5 Å². The minimum atomic E-state index is 0.409. The summed E-state index contributed by atoms with van der Waals surface area (Å²) in [6, 6.07) is 5.96. The van der Waals surface area contributed by atoms with Gasteiger partial charge in [0.15, 0.2) is 5.13 Å². The van der Waals surface area contributed by atoms with Gasteiger partial charge in [-0.25, -0.2) is 4.98 Å². The molecule has 0 amide bonds. The number of methoxy groups -OCH3 is 1. The van der Waals surface area contributed by atoms with Gasteiger partial charge in [0.1, 0.15) is 0 Å². The molecule has 2 aromatic heterocycles. The summed E-state index contributed by atoms with van der Waals surface area (Å²) in [4.78, 5) is 12.4. The molecular formula is C14H17N3OS. The van der Waals surface area contributed by atoms with Gasteiger partial charge in [-0.2, -0.15) is 0 Å². The van der Waals surface area contributed by atoms with Gasteiger partial charge in [0.25, 0.3) is 0 Å². The van der Waals surface area contributed by atoms with Gasteiger partial charge in [-0.1, -0.05) is 17.4 Å². The zero-order chi connectivity index (χ0) is 13.1. The molecule has 0 unspecified atom stereocenters. The lowest BCUT2D eigenvalue weighted by molar-refractivity contribution is 0.0819. The normalized spacial score (nSPS) is 16.8. The third-order valence-corrected chi connectivity index (χ3v) is 4.54. The summed E-state index contributed by atoms with van der Waals surface area (Å²) in [5, 5.41) is 1.09. The summed E-state index contributed by atoms with van der Waals surface area (Å²) in [7, 11) is 1.79. The molecule has 3 heterocycles. The molecule has 4 nitrogen and oxygen atoms in total. The van der Waals surface area contributed by atoms with Crippen LogP contribution in [0, 0.1) is 0 Å². The number of pyridine rings is 1. The number of thiazole rings is 1. The maximum atomic E-state index is 5.40. The Bertz CT molecular complexity index is 520. The Labute approximate surface area is 117 Å². The van der Waals surface area contributed by atoms with Crippen LogP contribution in [0.15, 0.2) is 30.6 Å². The molecule has 3 rings (SSSR count). The fourth-order valence-corrected chi connectivity index (χ4v) is 3.27. The molecule has 0 bridgehead atoms. The van der Waals surface area contributed by atoms with Crippen molar-refractivity contribution < 1.29 is 4.74 Å². The molecule has 1 fully saturated rings. The highest BCUT2D eigenvalue weighted by Gasteiger charge is 2.21. The van der Waals surface area contributed by atoms with Gasteiger partial charge in [-0.05, 0) is 25.0 Å². The molecule has 2 aromatic rings. The number of rotatable bonds is 3. The van der Waals surface area contributed by atoms with Crippen LogP contribution in [0.2, 0.25) is 0 Å². The third-order valence-electron chi connectivity index (χ3n) is 3.46. The van der Waals surface area contributed by atoms with E-state index in [1.54, 1.807) is 18.4 Å². The molecule has 1 saturated heterocycles. The lowest BCUT2D eigenvalue weighted by Gasteiger charge is -2.30. The van der Waals surface area contributed by atoms with Gasteiger partial charge in [-0.3, -0.25) is 4.98 Å². The molecule has 0 aromatic carbocycles. The van der Waals surface area contributed by atoms with E-state index in [9.17, 15) is 0 Å². The van der Waals surface area contributed by atoms with Crippen LogP contribution in [0.5, 0.6) is 0 Å². The summed E-state index contributed by atoms with van der Waals surface area (Å²) < 4.78 is 5.40. The van der Waals surface area contributed by atoms with Gasteiger partial charge in [0.2, 0.25) is 0 Å². The van der Waals surface area contributed by atoms with E-state index in [1.165, 1.54) is 0 Å².